The summed E-state index contributed by atoms with van der Waals surface area (Å²) in [6.07, 6.45) is 8.39. The molecule has 1 aliphatic rings. The Bertz CT molecular complexity index is 193. The molecule has 0 N–H and O–H groups in total. The van der Waals surface area contributed by atoms with Crippen molar-refractivity contribution < 1.29 is 0 Å². The quantitative estimate of drug-likeness (QED) is 0.544. The van der Waals surface area contributed by atoms with Crippen LogP contribution in [0.15, 0.2) is 4.99 Å². The van der Waals surface area contributed by atoms with E-state index in [2.05, 4.69) is 15.8 Å². The highest BCUT2D eigenvalue weighted by Gasteiger charge is 2.11. The Balaban J connectivity index is 2.56. The first kappa shape index (κ1) is 8.48. The van der Waals surface area contributed by atoms with E-state index in [0.29, 0.717) is 6.54 Å². The first-order chi connectivity index (χ1) is 5.38. The van der Waals surface area contributed by atoms with Gasteiger partial charge >= 0.3 is 0 Å². The van der Waals surface area contributed by atoms with E-state index in [1.165, 1.54) is 0 Å². The zero-order chi connectivity index (χ0) is 8.10. The third kappa shape index (κ3) is 2.16. The molecule has 0 unspecified atom stereocenters. The lowest BCUT2D eigenvalue weighted by atomic mass is 10.3. The average molecular weight is 168 g/mol. The maximum atomic E-state index is 5.22. The van der Waals surface area contributed by atoms with Crippen molar-refractivity contribution >= 4 is 16.9 Å². The normalized spacial score (nSPS) is 17.5. The minimum atomic E-state index is 0.694. The number of thioether (sulfide) groups is 1. The minimum absolute atomic E-state index is 0.694. The Kier molecular flexibility index (Phi) is 3.31. The number of nitrogens with zero attached hydrogens (tertiary/aromatic N) is 2. The number of hydrogen-bond donors (Lipinski definition) is 0. The van der Waals surface area contributed by atoms with Crippen LogP contribution >= 0.6 is 11.8 Å². The van der Waals surface area contributed by atoms with Crippen LogP contribution in [0.4, 0.5) is 0 Å². The van der Waals surface area contributed by atoms with Gasteiger partial charge in [-0.05, 0) is 12.7 Å². The largest absolute Gasteiger partial charge is 0.340 e. The predicted molar refractivity (Wildman–Crippen MR) is 50.8 cm³/mol. The molecule has 0 bridgehead atoms. The van der Waals surface area contributed by atoms with Crippen LogP contribution in [-0.4, -0.2) is 36.0 Å². The second kappa shape index (κ2) is 4.30. The van der Waals surface area contributed by atoms with E-state index in [9.17, 15) is 0 Å². The molecule has 0 saturated heterocycles. The van der Waals surface area contributed by atoms with E-state index in [1.807, 2.05) is 6.26 Å². The number of hydrogen-bond acceptors (Lipinski definition) is 3. The van der Waals surface area contributed by atoms with Crippen LogP contribution in [0.2, 0.25) is 0 Å². The Hall–Kier alpha value is -0.620. The maximum Gasteiger partial charge on any atom is 0.159 e. The van der Waals surface area contributed by atoms with Crippen molar-refractivity contribution in [1.82, 2.24) is 4.90 Å². The molecule has 11 heavy (non-hydrogen) atoms. The molecule has 1 aliphatic heterocycles. The van der Waals surface area contributed by atoms with Crippen molar-refractivity contribution in [2.24, 2.45) is 4.99 Å². The number of amidine groups is 1. The van der Waals surface area contributed by atoms with E-state index in [1.54, 1.807) is 11.8 Å². The second-order valence-electron chi connectivity index (χ2n) is 2.35. The molecule has 0 amide bonds. The monoisotopic (exact) mass is 168 g/mol. The molecule has 0 aromatic heterocycles. The summed E-state index contributed by atoms with van der Waals surface area (Å²) in [6, 6.07) is 0. The lowest BCUT2D eigenvalue weighted by Gasteiger charge is -2.25. The van der Waals surface area contributed by atoms with Gasteiger partial charge in [0.15, 0.2) is 5.17 Å². The Morgan fingerprint density at radius 3 is 3.27 bits per heavy atom. The van der Waals surface area contributed by atoms with Crippen LogP contribution in [0.3, 0.4) is 0 Å². The highest BCUT2D eigenvalue weighted by Crippen LogP contribution is 2.10. The fourth-order valence-electron chi connectivity index (χ4n) is 1.08. The van der Waals surface area contributed by atoms with Gasteiger partial charge in [-0.25, -0.2) is 0 Å². The first-order valence-corrected chi connectivity index (χ1v) is 4.88. The van der Waals surface area contributed by atoms with Gasteiger partial charge in [0, 0.05) is 13.1 Å². The summed E-state index contributed by atoms with van der Waals surface area (Å²) in [7, 11) is 0. The molecule has 0 fully saturated rings. The molecular weight excluding hydrogens is 156 g/mol. The van der Waals surface area contributed by atoms with Gasteiger partial charge < -0.3 is 4.90 Å². The van der Waals surface area contributed by atoms with Crippen molar-refractivity contribution in [2.75, 3.05) is 25.9 Å². The fourth-order valence-corrected chi connectivity index (χ4v) is 1.72. The van der Waals surface area contributed by atoms with Crippen LogP contribution < -0.4 is 0 Å². The molecule has 1 rings (SSSR count). The van der Waals surface area contributed by atoms with Crippen LogP contribution in [0.1, 0.15) is 6.42 Å². The summed E-state index contributed by atoms with van der Waals surface area (Å²) < 4.78 is 0. The van der Waals surface area contributed by atoms with E-state index < -0.39 is 0 Å². The smallest absolute Gasteiger partial charge is 0.159 e. The molecule has 0 saturated carbocycles. The SMILES string of the molecule is C#CCN1CCCN=C1SC. The molecule has 0 aromatic carbocycles. The number of rotatable bonds is 1. The van der Waals surface area contributed by atoms with Gasteiger partial charge in [0.05, 0.1) is 6.54 Å². The highest BCUT2D eigenvalue weighted by atomic mass is 32.2. The third-order valence-electron chi connectivity index (χ3n) is 1.57. The molecular formula is C8H12N2S. The van der Waals surface area contributed by atoms with Crippen molar-refractivity contribution in [3.05, 3.63) is 0 Å². The lowest BCUT2D eigenvalue weighted by molar-refractivity contribution is 0.446. The molecule has 0 atom stereocenters. The molecule has 1 heterocycles. The zero-order valence-corrected chi connectivity index (χ0v) is 7.52. The minimum Gasteiger partial charge on any atom is -0.340 e. The molecule has 3 heteroatoms. The summed E-state index contributed by atoms with van der Waals surface area (Å²) in [6.45, 7) is 2.71. The number of terminal acetylenes is 1. The summed E-state index contributed by atoms with van der Waals surface area (Å²) in [5.74, 6) is 2.63. The van der Waals surface area contributed by atoms with Crippen molar-refractivity contribution in [2.45, 2.75) is 6.42 Å². The zero-order valence-electron chi connectivity index (χ0n) is 6.71. The lowest BCUT2D eigenvalue weighted by Crippen LogP contribution is -2.33. The van der Waals surface area contributed by atoms with Gasteiger partial charge in [-0.15, -0.1) is 6.42 Å². The maximum absolute atomic E-state index is 5.22. The highest BCUT2D eigenvalue weighted by molar-refractivity contribution is 8.13. The second-order valence-corrected chi connectivity index (χ2v) is 3.12. The first-order valence-electron chi connectivity index (χ1n) is 3.65. The van der Waals surface area contributed by atoms with Crippen LogP contribution in [0, 0.1) is 12.3 Å². The van der Waals surface area contributed by atoms with E-state index >= 15 is 0 Å². The Labute approximate surface area is 72.1 Å². The van der Waals surface area contributed by atoms with Crippen LogP contribution in [0.5, 0.6) is 0 Å². The fraction of sp³-hybridized carbons (Fsp3) is 0.625. The van der Waals surface area contributed by atoms with Gasteiger partial charge in [0.25, 0.3) is 0 Å². The third-order valence-corrected chi connectivity index (χ3v) is 2.32. The molecule has 0 radical (unpaired) electrons. The van der Waals surface area contributed by atoms with Gasteiger partial charge in [0.2, 0.25) is 0 Å². The van der Waals surface area contributed by atoms with Gasteiger partial charge in [-0.1, -0.05) is 17.7 Å². The van der Waals surface area contributed by atoms with Gasteiger partial charge in [-0.2, -0.15) is 0 Å². The average Bonchev–Trinajstić information content (AvgIpc) is 2.06. The molecule has 0 spiro atoms. The van der Waals surface area contributed by atoms with E-state index in [4.69, 9.17) is 6.42 Å². The summed E-state index contributed by atoms with van der Waals surface area (Å²) >= 11 is 1.67. The Morgan fingerprint density at radius 2 is 2.64 bits per heavy atom. The molecule has 0 aliphatic carbocycles. The predicted octanol–water partition coefficient (Wildman–Crippen LogP) is 1.04. The van der Waals surface area contributed by atoms with Crippen molar-refractivity contribution in [3.8, 4) is 12.3 Å². The topological polar surface area (TPSA) is 15.6 Å². The standard InChI is InChI=1S/C8H12N2S/c1-3-6-10-7-4-5-9-8(10)11-2/h1H,4-7H2,2H3. The summed E-state index contributed by atoms with van der Waals surface area (Å²) in [5.41, 5.74) is 0. The molecule has 2 nitrogen and oxygen atoms in total. The van der Waals surface area contributed by atoms with E-state index in [-0.39, 0.29) is 0 Å². The van der Waals surface area contributed by atoms with Crippen molar-refractivity contribution in [3.63, 3.8) is 0 Å². The van der Waals surface area contributed by atoms with E-state index in [0.717, 1.165) is 24.7 Å². The van der Waals surface area contributed by atoms with Crippen LogP contribution in [0.25, 0.3) is 0 Å². The number of aliphatic imine (C=N–C) groups is 1. The summed E-state index contributed by atoms with van der Waals surface area (Å²) in [5, 5.41) is 1.09. The molecule has 0 aromatic rings. The van der Waals surface area contributed by atoms with Crippen LogP contribution in [-0.2, 0) is 0 Å². The van der Waals surface area contributed by atoms with Crippen molar-refractivity contribution in [1.29, 1.82) is 0 Å². The molecule has 60 valence electrons. The Morgan fingerprint density at radius 1 is 1.82 bits per heavy atom. The summed E-state index contributed by atoms with van der Waals surface area (Å²) in [4.78, 5) is 6.50. The van der Waals surface area contributed by atoms with Gasteiger partial charge in [0.1, 0.15) is 0 Å². The van der Waals surface area contributed by atoms with Gasteiger partial charge in [-0.3, -0.25) is 4.99 Å².